The predicted octanol–water partition coefficient (Wildman–Crippen LogP) is 3.62. The van der Waals surface area contributed by atoms with Crippen LogP contribution in [0, 0.1) is 0 Å². The van der Waals surface area contributed by atoms with Crippen LogP contribution < -0.4 is 5.32 Å². The highest BCUT2D eigenvalue weighted by Gasteiger charge is 2.44. The molecule has 0 bridgehead atoms. The molecule has 3 rings (SSSR count). The molecule has 0 spiro atoms. The van der Waals surface area contributed by atoms with Crippen LogP contribution in [0.15, 0.2) is 47.8 Å². The van der Waals surface area contributed by atoms with Gasteiger partial charge in [-0.15, -0.1) is 11.3 Å². The van der Waals surface area contributed by atoms with Crippen LogP contribution in [0.2, 0.25) is 0 Å². The fourth-order valence-corrected chi connectivity index (χ4v) is 3.36. The first-order chi connectivity index (χ1) is 10.2. The predicted molar refractivity (Wildman–Crippen MR) is 86.5 cm³/mol. The summed E-state index contributed by atoms with van der Waals surface area (Å²) in [6.07, 6.45) is 2.32. The number of hydrogen-bond donors (Lipinski definition) is 1. The summed E-state index contributed by atoms with van der Waals surface area (Å²) < 4.78 is 0. The Balaban J connectivity index is 1.54. The molecule has 0 saturated heterocycles. The second-order valence-electron chi connectivity index (χ2n) is 5.74. The summed E-state index contributed by atoms with van der Waals surface area (Å²) >= 11 is 1.68. The quantitative estimate of drug-likeness (QED) is 0.898. The molecule has 0 aliphatic heterocycles. The lowest BCUT2D eigenvalue weighted by Gasteiger charge is -2.21. The average Bonchev–Trinajstić information content (AvgIpc) is 3.15. The van der Waals surface area contributed by atoms with Gasteiger partial charge in [-0.05, 0) is 29.9 Å². The molecule has 1 saturated carbocycles. The molecule has 21 heavy (non-hydrogen) atoms. The molecule has 1 aromatic heterocycles. The molecule has 0 atom stereocenters. The number of nitrogens with one attached hydrogen (secondary N) is 1. The molecule has 1 fully saturated rings. The number of thiophene rings is 1. The fourth-order valence-electron chi connectivity index (χ4n) is 2.60. The van der Waals surface area contributed by atoms with E-state index in [-0.39, 0.29) is 11.4 Å². The van der Waals surface area contributed by atoms with E-state index < -0.39 is 0 Å². The standard InChI is InChI=1S/C17H20N2OS/c1-19(12-15-8-5-11-21-15)16(20)18-13-17(9-10-17)14-6-3-2-4-7-14/h2-8,11H,9-10,12-13H2,1H3,(H,18,20). The van der Waals surface area contributed by atoms with Crippen LogP contribution >= 0.6 is 11.3 Å². The minimum Gasteiger partial charge on any atom is -0.337 e. The minimum atomic E-state index is 0.00519. The van der Waals surface area contributed by atoms with E-state index in [9.17, 15) is 4.79 Å². The zero-order valence-electron chi connectivity index (χ0n) is 12.2. The van der Waals surface area contributed by atoms with Crippen LogP contribution in [0.4, 0.5) is 4.79 Å². The smallest absolute Gasteiger partial charge is 0.317 e. The van der Waals surface area contributed by atoms with E-state index >= 15 is 0 Å². The normalized spacial score (nSPS) is 15.5. The van der Waals surface area contributed by atoms with E-state index in [1.165, 1.54) is 10.4 Å². The molecule has 4 heteroatoms. The molecule has 1 aliphatic rings. The largest absolute Gasteiger partial charge is 0.337 e. The summed E-state index contributed by atoms with van der Waals surface area (Å²) in [5.41, 5.74) is 1.51. The number of hydrogen-bond acceptors (Lipinski definition) is 2. The lowest BCUT2D eigenvalue weighted by Crippen LogP contribution is -2.40. The highest BCUT2D eigenvalue weighted by Crippen LogP contribution is 2.47. The van der Waals surface area contributed by atoms with Gasteiger partial charge in [-0.25, -0.2) is 4.79 Å². The Kier molecular flexibility index (Phi) is 3.97. The molecule has 1 aromatic carbocycles. The van der Waals surface area contributed by atoms with Gasteiger partial charge in [-0.1, -0.05) is 36.4 Å². The Bertz CT molecular complexity index is 591. The van der Waals surface area contributed by atoms with E-state index in [1.807, 2.05) is 24.6 Å². The van der Waals surface area contributed by atoms with Gasteiger partial charge in [0.05, 0.1) is 6.54 Å². The van der Waals surface area contributed by atoms with Gasteiger partial charge in [0, 0.05) is 23.9 Å². The summed E-state index contributed by atoms with van der Waals surface area (Å²) in [7, 11) is 1.84. The van der Waals surface area contributed by atoms with Crippen LogP contribution in [-0.2, 0) is 12.0 Å². The van der Waals surface area contributed by atoms with Crippen molar-refractivity contribution in [2.75, 3.05) is 13.6 Å². The van der Waals surface area contributed by atoms with Crippen molar-refractivity contribution in [2.24, 2.45) is 0 Å². The van der Waals surface area contributed by atoms with Crippen molar-refractivity contribution in [2.45, 2.75) is 24.8 Å². The second kappa shape index (κ2) is 5.90. The molecule has 0 radical (unpaired) electrons. The van der Waals surface area contributed by atoms with Gasteiger partial charge >= 0.3 is 6.03 Å². The van der Waals surface area contributed by atoms with Crippen LogP contribution in [-0.4, -0.2) is 24.5 Å². The molecule has 1 heterocycles. The Morgan fingerprint density at radius 1 is 1.24 bits per heavy atom. The van der Waals surface area contributed by atoms with Crippen molar-refractivity contribution in [3.05, 3.63) is 58.3 Å². The Morgan fingerprint density at radius 2 is 2.00 bits per heavy atom. The molecular weight excluding hydrogens is 280 g/mol. The third-order valence-electron chi connectivity index (χ3n) is 4.14. The topological polar surface area (TPSA) is 32.3 Å². The zero-order valence-corrected chi connectivity index (χ0v) is 13.0. The first-order valence-corrected chi connectivity index (χ1v) is 8.14. The number of urea groups is 1. The number of amides is 2. The summed E-state index contributed by atoms with van der Waals surface area (Å²) in [5, 5.41) is 5.13. The third kappa shape index (κ3) is 3.27. The van der Waals surface area contributed by atoms with Crippen molar-refractivity contribution in [3.63, 3.8) is 0 Å². The van der Waals surface area contributed by atoms with Crippen LogP contribution in [0.1, 0.15) is 23.3 Å². The lowest BCUT2D eigenvalue weighted by molar-refractivity contribution is 0.206. The van der Waals surface area contributed by atoms with E-state index in [4.69, 9.17) is 0 Å². The maximum Gasteiger partial charge on any atom is 0.317 e. The van der Waals surface area contributed by atoms with Crippen molar-refractivity contribution in [1.29, 1.82) is 0 Å². The SMILES string of the molecule is CN(Cc1cccs1)C(=O)NCC1(c2ccccc2)CC1. The molecule has 1 N–H and O–H groups in total. The van der Waals surface area contributed by atoms with Gasteiger partial charge in [0.15, 0.2) is 0 Å². The first kappa shape index (κ1) is 14.1. The summed E-state index contributed by atoms with van der Waals surface area (Å²) in [6, 6.07) is 14.6. The monoisotopic (exact) mass is 300 g/mol. The number of rotatable bonds is 5. The van der Waals surface area contributed by atoms with Crippen molar-refractivity contribution in [3.8, 4) is 0 Å². The molecule has 2 aromatic rings. The summed E-state index contributed by atoms with van der Waals surface area (Å²) in [5.74, 6) is 0. The Hall–Kier alpha value is -1.81. The van der Waals surface area contributed by atoms with Crippen molar-refractivity contribution in [1.82, 2.24) is 10.2 Å². The maximum atomic E-state index is 12.2. The molecule has 110 valence electrons. The van der Waals surface area contributed by atoms with E-state index in [1.54, 1.807) is 16.2 Å². The minimum absolute atomic E-state index is 0.00519. The van der Waals surface area contributed by atoms with Gasteiger partial charge in [0.25, 0.3) is 0 Å². The van der Waals surface area contributed by atoms with Gasteiger partial charge in [-0.3, -0.25) is 0 Å². The third-order valence-corrected chi connectivity index (χ3v) is 5.00. The first-order valence-electron chi connectivity index (χ1n) is 7.26. The van der Waals surface area contributed by atoms with Crippen LogP contribution in [0.3, 0.4) is 0 Å². The fraction of sp³-hybridized carbons (Fsp3) is 0.353. The number of carbonyl (C=O) groups is 1. The zero-order chi connectivity index (χ0) is 14.7. The molecule has 2 amide bonds. The number of carbonyl (C=O) groups excluding carboxylic acids is 1. The Morgan fingerprint density at radius 3 is 2.62 bits per heavy atom. The molecule has 1 aliphatic carbocycles. The average molecular weight is 300 g/mol. The van der Waals surface area contributed by atoms with Crippen LogP contribution in [0.25, 0.3) is 0 Å². The number of benzene rings is 1. The van der Waals surface area contributed by atoms with Crippen molar-refractivity contribution < 1.29 is 4.79 Å². The second-order valence-corrected chi connectivity index (χ2v) is 6.77. The number of nitrogens with zero attached hydrogens (tertiary/aromatic N) is 1. The van der Waals surface area contributed by atoms with E-state index in [0.29, 0.717) is 6.54 Å². The van der Waals surface area contributed by atoms with E-state index in [2.05, 4.69) is 35.6 Å². The van der Waals surface area contributed by atoms with Crippen LogP contribution in [0.5, 0.6) is 0 Å². The van der Waals surface area contributed by atoms with Gasteiger partial charge in [0.1, 0.15) is 0 Å². The maximum absolute atomic E-state index is 12.2. The van der Waals surface area contributed by atoms with Crippen molar-refractivity contribution >= 4 is 17.4 Å². The van der Waals surface area contributed by atoms with Gasteiger partial charge in [0.2, 0.25) is 0 Å². The molecular formula is C17H20N2OS. The van der Waals surface area contributed by atoms with Gasteiger partial charge < -0.3 is 10.2 Å². The van der Waals surface area contributed by atoms with Gasteiger partial charge in [-0.2, -0.15) is 0 Å². The Labute approximate surface area is 129 Å². The highest BCUT2D eigenvalue weighted by molar-refractivity contribution is 7.09. The van der Waals surface area contributed by atoms with E-state index in [0.717, 1.165) is 19.4 Å². The summed E-state index contributed by atoms with van der Waals surface area (Å²) in [4.78, 5) is 15.1. The summed E-state index contributed by atoms with van der Waals surface area (Å²) in [6.45, 7) is 1.40. The molecule has 0 unspecified atom stereocenters. The molecule has 3 nitrogen and oxygen atoms in total. The highest BCUT2D eigenvalue weighted by atomic mass is 32.1. The lowest BCUT2D eigenvalue weighted by atomic mass is 9.96.